The number of aryl methyl sites for hydroxylation is 1. The topological polar surface area (TPSA) is 106 Å². The van der Waals surface area contributed by atoms with Gasteiger partial charge >= 0.3 is 12.4 Å². The standard InChI is InChI=1S/C23H17F6N5O3/c1-3-15-11(2)30-21(32-20(15)36)34-18(10-16(33-34)17-5-4-6-37-17)31-19(35)12-7-13(22(24,25)26)9-14(8-12)23(27,28)29/h4-10H,3H2,1-2H3,(H,31,35)(H,30,32,36). The first kappa shape index (κ1) is 25.7. The Morgan fingerprint density at radius 3 is 2.24 bits per heavy atom. The van der Waals surface area contributed by atoms with E-state index in [0.29, 0.717) is 29.8 Å². The summed E-state index contributed by atoms with van der Waals surface area (Å²) in [5, 5.41) is 6.49. The zero-order valence-electron chi connectivity index (χ0n) is 19.1. The van der Waals surface area contributed by atoms with Crippen molar-refractivity contribution in [3.8, 4) is 17.4 Å². The number of amides is 1. The van der Waals surface area contributed by atoms with Crippen molar-refractivity contribution in [3.05, 3.63) is 81.0 Å². The van der Waals surface area contributed by atoms with Crippen molar-refractivity contribution in [1.82, 2.24) is 19.7 Å². The second-order valence-corrected chi connectivity index (χ2v) is 7.86. The fourth-order valence-electron chi connectivity index (χ4n) is 3.56. The first-order valence-corrected chi connectivity index (χ1v) is 10.6. The molecule has 0 aliphatic carbocycles. The molecule has 0 aliphatic heterocycles. The van der Waals surface area contributed by atoms with Crippen LogP contribution < -0.4 is 10.9 Å². The zero-order valence-corrected chi connectivity index (χ0v) is 19.1. The Bertz CT molecular complexity index is 1490. The highest BCUT2D eigenvalue weighted by Crippen LogP contribution is 2.36. The molecule has 14 heteroatoms. The van der Waals surface area contributed by atoms with Crippen molar-refractivity contribution in [2.45, 2.75) is 32.6 Å². The van der Waals surface area contributed by atoms with Crippen LogP contribution in [0.1, 0.15) is 39.7 Å². The average Bonchev–Trinajstić information content (AvgIpc) is 3.47. The van der Waals surface area contributed by atoms with Crippen molar-refractivity contribution in [3.63, 3.8) is 0 Å². The molecule has 0 fully saturated rings. The predicted molar refractivity (Wildman–Crippen MR) is 118 cm³/mol. The highest BCUT2D eigenvalue weighted by Gasteiger charge is 2.37. The molecule has 0 saturated heterocycles. The van der Waals surface area contributed by atoms with Crippen LogP contribution in [0.15, 0.2) is 51.9 Å². The number of nitrogens with zero attached hydrogens (tertiary/aromatic N) is 3. The second kappa shape index (κ2) is 9.26. The van der Waals surface area contributed by atoms with Gasteiger partial charge < -0.3 is 9.73 Å². The number of anilines is 1. The molecule has 0 aliphatic rings. The van der Waals surface area contributed by atoms with E-state index >= 15 is 0 Å². The largest absolute Gasteiger partial charge is 0.463 e. The molecule has 37 heavy (non-hydrogen) atoms. The summed E-state index contributed by atoms with van der Waals surface area (Å²) in [7, 11) is 0. The van der Waals surface area contributed by atoms with Gasteiger partial charge in [0.2, 0.25) is 5.95 Å². The summed E-state index contributed by atoms with van der Waals surface area (Å²) in [4.78, 5) is 32.1. The van der Waals surface area contributed by atoms with Crippen molar-refractivity contribution >= 4 is 11.7 Å². The minimum atomic E-state index is -5.13. The highest BCUT2D eigenvalue weighted by atomic mass is 19.4. The molecule has 0 spiro atoms. The summed E-state index contributed by atoms with van der Waals surface area (Å²) in [5.41, 5.74) is -3.76. The summed E-state index contributed by atoms with van der Waals surface area (Å²) in [6.07, 6.45) is -8.54. The third kappa shape index (κ3) is 5.27. The third-order valence-electron chi connectivity index (χ3n) is 5.34. The summed E-state index contributed by atoms with van der Waals surface area (Å²) in [6.45, 7) is 3.33. The molecule has 8 nitrogen and oxygen atoms in total. The van der Waals surface area contributed by atoms with E-state index in [2.05, 4.69) is 20.4 Å². The Morgan fingerprint density at radius 2 is 1.73 bits per heavy atom. The van der Waals surface area contributed by atoms with Crippen LogP contribution in [0.25, 0.3) is 17.4 Å². The molecule has 0 radical (unpaired) electrons. The number of aromatic amines is 1. The van der Waals surface area contributed by atoms with Gasteiger partial charge in [-0.05, 0) is 43.7 Å². The van der Waals surface area contributed by atoms with Crippen LogP contribution in [0.4, 0.5) is 32.2 Å². The minimum absolute atomic E-state index is 0.0806. The molecule has 4 aromatic rings. The van der Waals surface area contributed by atoms with Gasteiger partial charge in [0.1, 0.15) is 11.5 Å². The van der Waals surface area contributed by atoms with E-state index < -0.39 is 40.5 Å². The number of furan rings is 1. The molecule has 0 atom stereocenters. The monoisotopic (exact) mass is 525 g/mol. The van der Waals surface area contributed by atoms with E-state index in [4.69, 9.17) is 4.42 Å². The molecule has 4 rings (SSSR count). The number of nitrogens with one attached hydrogen (secondary N) is 2. The molecule has 0 bridgehead atoms. The van der Waals surface area contributed by atoms with E-state index in [0.717, 1.165) is 4.68 Å². The summed E-state index contributed by atoms with van der Waals surface area (Å²) in [6, 6.07) is 4.87. The number of H-pyrrole nitrogens is 1. The maximum absolute atomic E-state index is 13.2. The summed E-state index contributed by atoms with van der Waals surface area (Å²) < 4.78 is 85.7. The number of rotatable bonds is 5. The molecule has 0 unspecified atom stereocenters. The Morgan fingerprint density at radius 1 is 1.08 bits per heavy atom. The molecule has 194 valence electrons. The number of halogens is 6. The third-order valence-corrected chi connectivity index (χ3v) is 5.34. The molecule has 2 N–H and O–H groups in total. The predicted octanol–water partition coefficient (Wildman–Crippen LogP) is 5.38. The van der Waals surface area contributed by atoms with E-state index in [1.807, 2.05) is 0 Å². The molecule has 1 aromatic carbocycles. The first-order valence-electron chi connectivity index (χ1n) is 10.6. The van der Waals surface area contributed by atoms with E-state index in [9.17, 15) is 35.9 Å². The van der Waals surface area contributed by atoms with Crippen LogP contribution in [0.5, 0.6) is 0 Å². The maximum atomic E-state index is 13.2. The van der Waals surface area contributed by atoms with Crippen LogP contribution in [-0.2, 0) is 18.8 Å². The van der Waals surface area contributed by atoms with Crippen LogP contribution >= 0.6 is 0 Å². The van der Waals surface area contributed by atoms with Crippen LogP contribution in [0.2, 0.25) is 0 Å². The molecule has 3 aromatic heterocycles. The molecular formula is C23H17F6N5O3. The van der Waals surface area contributed by atoms with E-state index in [-0.39, 0.29) is 29.3 Å². The Labute approximate surface area is 203 Å². The molecule has 0 saturated carbocycles. The molecular weight excluding hydrogens is 508 g/mol. The van der Waals surface area contributed by atoms with Crippen molar-refractivity contribution in [2.24, 2.45) is 0 Å². The second-order valence-electron chi connectivity index (χ2n) is 7.86. The lowest BCUT2D eigenvalue weighted by Gasteiger charge is -2.14. The smallest absolute Gasteiger partial charge is 0.416 e. The number of carbonyl (C=O) groups excluding carboxylic acids is 1. The lowest BCUT2D eigenvalue weighted by atomic mass is 10.0. The van der Waals surface area contributed by atoms with E-state index in [1.54, 1.807) is 19.9 Å². The van der Waals surface area contributed by atoms with E-state index in [1.165, 1.54) is 18.4 Å². The first-order chi connectivity index (χ1) is 17.3. The Balaban J connectivity index is 1.81. The van der Waals surface area contributed by atoms with Crippen LogP contribution in [0, 0.1) is 6.92 Å². The number of aromatic nitrogens is 4. The van der Waals surface area contributed by atoms with Gasteiger partial charge in [0.15, 0.2) is 5.76 Å². The number of hydrogen-bond acceptors (Lipinski definition) is 5. The van der Waals surface area contributed by atoms with Gasteiger partial charge in [0.25, 0.3) is 11.5 Å². The van der Waals surface area contributed by atoms with Crippen molar-refractivity contribution in [2.75, 3.05) is 5.32 Å². The van der Waals surface area contributed by atoms with Gasteiger partial charge in [-0.2, -0.15) is 36.1 Å². The average molecular weight is 525 g/mol. The van der Waals surface area contributed by atoms with Crippen molar-refractivity contribution < 1.29 is 35.6 Å². The quantitative estimate of drug-likeness (QED) is 0.341. The highest BCUT2D eigenvalue weighted by molar-refractivity contribution is 6.04. The minimum Gasteiger partial charge on any atom is -0.463 e. The molecule has 3 heterocycles. The number of hydrogen-bond donors (Lipinski definition) is 2. The van der Waals surface area contributed by atoms with Gasteiger partial charge in [-0.25, -0.2) is 4.98 Å². The molecule has 1 amide bonds. The van der Waals surface area contributed by atoms with Gasteiger partial charge in [0.05, 0.1) is 17.4 Å². The number of benzene rings is 1. The summed E-state index contributed by atoms with van der Waals surface area (Å²) >= 11 is 0. The van der Waals surface area contributed by atoms with Crippen molar-refractivity contribution in [1.29, 1.82) is 0 Å². The fraction of sp³-hybridized carbons (Fsp3) is 0.217. The fourth-order valence-corrected chi connectivity index (χ4v) is 3.56. The van der Waals surface area contributed by atoms with Gasteiger partial charge in [-0.3, -0.25) is 14.6 Å². The van der Waals surface area contributed by atoms with Crippen LogP contribution in [-0.4, -0.2) is 25.7 Å². The number of alkyl halides is 6. The summed E-state index contributed by atoms with van der Waals surface area (Å²) in [5.74, 6) is -1.40. The maximum Gasteiger partial charge on any atom is 0.416 e. The van der Waals surface area contributed by atoms with Gasteiger partial charge in [0, 0.05) is 22.9 Å². The lowest BCUT2D eigenvalue weighted by Crippen LogP contribution is -2.22. The Hall–Kier alpha value is -4.36. The van der Waals surface area contributed by atoms with Gasteiger partial charge in [-0.1, -0.05) is 6.92 Å². The van der Waals surface area contributed by atoms with Gasteiger partial charge in [-0.15, -0.1) is 0 Å². The van der Waals surface area contributed by atoms with Crippen LogP contribution in [0.3, 0.4) is 0 Å². The normalized spacial score (nSPS) is 12.1. The SMILES string of the molecule is CCc1c(C)nc(-n2nc(-c3ccco3)cc2NC(=O)c2cc(C(F)(F)F)cc(C(F)(F)F)c2)[nH]c1=O. The Kier molecular flexibility index (Phi) is 6.44. The lowest BCUT2D eigenvalue weighted by molar-refractivity contribution is -0.143. The number of carbonyl (C=O) groups is 1. The zero-order chi connectivity index (χ0) is 27.1.